The van der Waals surface area contributed by atoms with Crippen molar-refractivity contribution in [3.8, 4) is 6.07 Å². The monoisotopic (exact) mass is 207 g/mol. The fraction of sp³-hybridized carbons (Fsp3) is 0.429. The summed E-state index contributed by atoms with van der Waals surface area (Å²) in [6, 6.07) is 1.01. The molecule has 0 aliphatic carbocycles. The van der Waals surface area contributed by atoms with Gasteiger partial charge in [-0.05, 0) is 0 Å². The van der Waals surface area contributed by atoms with Crippen LogP contribution < -0.4 is 0 Å². The molecule has 1 atom stereocenters. The van der Waals surface area contributed by atoms with E-state index in [1.807, 2.05) is 0 Å². The third-order valence-electron chi connectivity index (χ3n) is 1.49. The average Bonchev–Trinajstić information content (AvgIpc) is 2.85. The summed E-state index contributed by atoms with van der Waals surface area (Å²) >= 11 is 0. The zero-order chi connectivity index (χ0) is 10.9. The van der Waals surface area contributed by atoms with Gasteiger partial charge in [-0.2, -0.15) is 18.4 Å². The topological polar surface area (TPSA) is 73.6 Å². The number of nitrogens with zero attached hydrogens (tertiary/aromatic N) is 1. The van der Waals surface area contributed by atoms with E-state index in [-0.39, 0.29) is 6.61 Å². The van der Waals surface area contributed by atoms with E-state index in [0.29, 0.717) is 0 Å². The van der Waals surface area contributed by atoms with Crippen molar-refractivity contribution in [3.63, 3.8) is 0 Å². The van der Waals surface area contributed by atoms with E-state index in [1.54, 1.807) is 0 Å². The summed E-state index contributed by atoms with van der Waals surface area (Å²) < 4.78 is 40.0. The van der Waals surface area contributed by atoms with Gasteiger partial charge < -0.3 is 9.84 Å². The first-order chi connectivity index (χ1) is 6.38. The number of halogens is 3. The molecule has 1 aliphatic rings. The summed E-state index contributed by atoms with van der Waals surface area (Å²) in [5.74, 6) is -3.30. The first-order valence-electron chi connectivity index (χ1n) is 3.44. The van der Waals surface area contributed by atoms with E-state index >= 15 is 0 Å². The molecule has 0 amide bonds. The lowest BCUT2D eigenvalue weighted by Gasteiger charge is -2.05. The standard InChI is InChI=1S/C7H4F3NO3/c8-7(9,10)6(13)3(1-11)5(12)4-2-14-4/h4,13H,2H2/b6-3-. The van der Waals surface area contributed by atoms with Gasteiger partial charge >= 0.3 is 6.18 Å². The number of nitriles is 1. The Balaban J connectivity index is 3.00. The molecule has 7 heteroatoms. The molecule has 76 valence electrons. The Bertz CT molecular complexity index is 335. The Morgan fingerprint density at radius 1 is 1.57 bits per heavy atom. The van der Waals surface area contributed by atoms with Crippen LogP contribution in [-0.2, 0) is 9.53 Å². The predicted molar refractivity (Wildman–Crippen MR) is 36.1 cm³/mol. The van der Waals surface area contributed by atoms with Crippen LogP contribution in [0, 0.1) is 11.3 Å². The van der Waals surface area contributed by atoms with Crippen molar-refractivity contribution in [2.45, 2.75) is 12.3 Å². The number of Topliss-reactive ketones (excluding diaryl/α,β-unsaturated/α-hetero) is 1. The molecule has 1 rings (SSSR count). The SMILES string of the molecule is N#C/C(C(=O)C1CO1)=C(/O)C(F)(F)F. The van der Waals surface area contributed by atoms with Gasteiger partial charge in [0.05, 0.1) is 6.61 Å². The van der Waals surface area contributed by atoms with Gasteiger partial charge in [-0.1, -0.05) is 0 Å². The summed E-state index contributed by atoms with van der Waals surface area (Å²) in [5.41, 5.74) is -1.31. The normalized spacial score (nSPS) is 22.3. The lowest BCUT2D eigenvalue weighted by atomic mass is 10.1. The van der Waals surface area contributed by atoms with Crippen molar-refractivity contribution in [2.24, 2.45) is 0 Å². The van der Waals surface area contributed by atoms with Crippen molar-refractivity contribution >= 4 is 5.78 Å². The maximum Gasteiger partial charge on any atom is 0.450 e. The number of aliphatic hydroxyl groups is 1. The highest BCUT2D eigenvalue weighted by Gasteiger charge is 2.42. The maximum atomic E-state index is 11.9. The van der Waals surface area contributed by atoms with Crippen LogP contribution in [0.4, 0.5) is 13.2 Å². The number of allylic oxidation sites excluding steroid dienone is 1. The summed E-state index contributed by atoms with van der Waals surface area (Å²) in [6.07, 6.45) is -6.11. The average molecular weight is 207 g/mol. The minimum absolute atomic E-state index is 0.0187. The minimum Gasteiger partial charge on any atom is -0.503 e. The zero-order valence-electron chi connectivity index (χ0n) is 6.63. The minimum atomic E-state index is -5.09. The fourth-order valence-electron chi connectivity index (χ4n) is 0.727. The van der Waals surface area contributed by atoms with Crippen molar-refractivity contribution < 1.29 is 27.8 Å². The quantitative estimate of drug-likeness (QED) is 0.315. The number of ether oxygens (including phenoxy) is 1. The van der Waals surface area contributed by atoms with Gasteiger partial charge in [0.1, 0.15) is 17.7 Å². The summed E-state index contributed by atoms with van der Waals surface area (Å²) in [6.45, 7) is -0.0187. The lowest BCUT2D eigenvalue weighted by Crippen LogP contribution is -2.19. The third-order valence-corrected chi connectivity index (χ3v) is 1.49. The Morgan fingerprint density at radius 2 is 2.07 bits per heavy atom. The fourth-order valence-corrected chi connectivity index (χ4v) is 0.727. The van der Waals surface area contributed by atoms with Crippen molar-refractivity contribution in [1.29, 1.82) is 5.26 Å². The van der Waals surface area contributed by atoms with Crippen molar-refractivity contribution in [3.05, 3.63) is 11.3 Å². The highest BCUT2D eigenvalue weighted by atomic mass is 19.4. The Hall–Kier alpha value is -1.55. The molecule has 0 spiro atoms. The predicted octanol–water partition coefficient (Wildman–Crippen LogP) is 0.852. The zero-order valence-corrected chi connectivity index (χ0v) is 6.63. The molecule has 0 radical (unpaired) electrons. The van der Waals surface area contributed by atoms with Crippen LogP contribution in [-0.4, -0.2) is 29.8 Å². The molecule has 1 unspecified atom stereocenters. The number of ketones is 1. The molecule has 0 aromatic carbocycles. The van der Waals surface area contributed by atoms with Crippen LogP contribution in [0.25, 0.3) is 0 Å². The number of carbonyl (C=O) groups excluding carboxylic acids is 1. The number of epoxide rings is 1. The van der Waals surface area contributed by atoms with Gasteiger partial charge in [0.15, 0.2) is 0 Å². The maximum absolute atomic E-state index is 11.9. The molecule has 0 bridgehead atoms. The molecule has 0 saturated carbocycles. The van der Waals surface area contributed by atoms with Crippen LogP contribution in [0.15, 0.2) is 11.3 Å². The van der Waals surface area contributed by atoms with Gasteiger partial charge in [-0.3, -0.25) is 4.79 Å². The van der Waals surface area contributed by atoms with Gasteiger partial charge in [0.25, 0.3) is 0 Å². The second-order valence-electron chi connectivity index (χ2n) is 2.52. The Morgan fingerprint density at radius 3 is 2.36 bits per heavy atom. The molecule has 0 aromatic heterocycles. The highest BCUT2D eigenvalue weighted by Crippen LogP contribution is 2.28. The molecule has 1 aliphatic heterocycles. The number of alkyl halides is 3. The highest BCUT2D eigenvalue weighted by molar-refractivity contribution is 6.03. The first kappa shape index (κ1) is 10.5. The van der Waals surface area contributed by atoms with Crippen LogP contribution in [0.5, 0.6) is 0 Å². The van der Waals surface area contributed by atoms with Gasteiger partial charge in [0, 0.05) is 0 Å². The van der Waals surface area contributed by atoms with E-state index in [2.05, 4.69) is 4.74 Å². The number of carbonyl (C=O) groups is 1. The Labute approximate surface area is 76.2 Å². The second-order valence-corrected chi connectivity index (χ2v) is 2.52. The summed E-state index contributed by atoms with van der Waals surface area (Å²) in [5, 5.41) is 16.8. The molecule has 0 aromatic rings. The van der Waals surface area contributed by atoms with Gasteiger partial charge in [0.2, 0.25) is 11.5 Å². The number of rotatable bonds is 2. The number of hydrogen-bond donors (Lipinski definition) is 1. The van der Waals surface area contributed by atoms with Crippen LogP contribution >= 0.6 is 0 Å². The summed E-state index contributed by atoms with van der Waals surface area (Å²) in [7, 11) is 0. The van der Waals surface area contributed by atoms with Crippen LogP contribution in [0.2, 0.25) is 0 Å². The number of hydrogen-bond acceptors (Lipinski definition) is 4. The van der Waals surface area contributed by atoms with Gasteiger partial charge in [-0.15, -0.1) is 0 Å². The molecule has 4 nitrogen and oxygen atoms in total. The van der Waals surface area contributed by atoms with E-state index in [9.17, 15) is 18.0 Å². The number of aliphatic hydroxyl groups excluding tert-OH is 1. The second kappa shape index (κ2) is 3.31. The third kappa shape index (κ3) is 2.03. The molecule has 1 fully saturated rings. The smallest absolute Gasteiger partial charge is 0.450 e. The summed E-state index contributed by atoms with van der Waals surface area (Å²) in [4.78, 5) is 11.0. The van der Waals surface area contributed by atoms with Gasteiger partial charge in [-0.25, -0.2) is 0 Å². The molecule has 1 saturated heterocycles. The van der Waals surface area contributed by atoms with E-state index in [4.69, 9.17) is 10.4 Å². The van der Waals surface area contributed by atoms with E-state index in [1.165, 1.54) is 0 Å². The van der Waals surface area contributed by atoms with Crippen molar-refractivity contribution in [1.82, 2.24) is 0 Å². The van der Waals surface area contributed by atoms with E-state index < -0.39 is 29.4 Å². The lowest BCUT2D eigenvalue weighted by molar-refractivity contribution is -0.127. The molecule has 14 heavy (non-hydrogen) atoms. The molecular weight excluding hydrogens is 203 g/mol. The molecule has 1 heterocycles. The van der Waals surface area contributed by atoms with E-state index in [0.717, 1.165) is 6.07 Å². The largest absolute Gasteiger partial charge is 0.503 e. The molecular formula is C7H4F3NO3. The van der Waals surface area contributed by atoms with Crippen LogP contribution in [0.1, 0.15) is 0 Å². The van der Waals surface area contributed by atoms with Crippen LogP contribution in [0.3, 0.4) is 0 Å². The molecule has 1 N–H and O–H groups in total. The van der Waals surface area contributed by atoms with Crippen molar-refractivity contribution in [2.75, 3.05) is 6.61 Å². The first-order valence-corrected chi connectivity index (χ1v) is 3.44. The Kier molecular flexibility index (Phi) is 2.49.